The summed E-state index contributed by atoms with van der Waals surface area (Å²) >= 11 is 0. The topological polar surface area (TPSA) is 116 Å². The van der Waals surface area contributed by atoms with Gasteiger partial charge in [-0.15, -0.1) is 0 Å². The molecule has 0 amide bonds. The number of rotatable bonds is 3. The Kier molecular flexibility index (Phi) is 7.06. The monoisotopic (exact) mass is 317 g/mol. The summed E-state index contributed by atoms with van der Waals surface area (Å²) in [6.45, 7) is 1.43. The van der Waals surface area contributed by atoms with Gasteiger partial charge in [0, 0.05) is 19.7 Å². The highest BCUT2D eigenvalue weighted by atomic mass is 32.2. The fraction of sp³-hybridized carbons (Fsp3) is 0.500. The van der Waals surface area contributed by atoms with Crippen LogP contribution in [0.1, 0.15) is 12.8 Å². The molecule has 0 radical (unpaired) electrons. The van der Waals surface area contributed by atoms with Gasteiger partial charge in [0.1, 0.15) is 5.69 Å². The van der Waals surface area contributed by atoms with E-state index >= 15 is 0 Å². The summed E-state index contributed by atoms with van der Waals surface area (Å²) in [6.07, 6.45) is 2.03. The van der Waals surface area contributed by atoms with E-state index in [9.17, 15) is 10.1 Å². The molecular formula is C12H19N3O5S. The van der Waals surface area contributed by atoms with Crippen LogP contribution in [-0.4, -0.2) is 39.6 Å². The zero-order valence-electron chi connectivity index (χ0n) is 11.7. The number of para-hydroxylation sites is 2. The van der Waals surface area contributed by atoms with Crippen LogP contribution in [0.5, 0.6) is 0 Å². The van der Waals surface area contributed by atoms with Gasteiger partial charge < -0.3 is 9.64 Å². The van der Waals surface area contributed by atoms with E-state index in [0.29, 0.717) is 12.3 Å². The number of hydrogen-bond donors (Lipinski definition) is 2. The SMILES string of the molecule is CN(c1ccccc1[N+](=O)[O-])[C@H]1CCCOC1.N[SH](=O)=O. The molecule has 1 aliphatic rings. The highest BCUT2D eigenvalue weighted by molar-refractivity contribution is 7.69. The summed E-state index contributed by atoms with van der Waals surface area (Å²) in [5.41, 5.74) is 0.813. The van der Waals surface area contributed by atoms with Crippen molar-refractivity contribution >= 4 is 22.3 Å². The molecule has 0 bridgehead atoms. The van der Waals surface area contributed by atoms with E-state index in [1.54, 1.807) is 12.1 Å². The number of thiol groups is 1. The summed E-state index contributed by atoms with van der Waals surface area (Å²) < 4.78 is 23.0. The molecule has 1 atom stereocenters. The van der Waals surface area contributed by atoms with Crippen LogP contribution in [-0.2, 0) is 15.6 Å². The van der Waals surface area contributed by atoms with E-state index in [4.69, 9.17) is 13.2 Å². The smallest absolute Gasteiger partial charge is 0.292 e. The van der Waals surface area contributed by atoms with Gasteiger partial charge in [0.2, 0.25) is 0 Å². The third kappa shape index (κ3) is 5.66. The van der Waals surface area contributed by atoms with Crippen molar-refractivity contribution in [2.24, 2.45) is 5.14 Å². The van der Waals surface area contributed by atoms with Crippen LogP contribution in [0.2, 0.25) is 0 Å². The Hall–Kier alpha value is -1.71. The molecule has 0 aliphatic carbocycles. The normalized spacial score (nSPS) is 17.8. The quantitative estimate of drug-likeness (QED) is 0.481. The van der Waals surface area contributed by atoms with Gasteiger partial charge in [0.15, 0.2) is 10.9 Å². The standard InChI is InChI=1S/C12H16N2O3.H3NO2S/c1-13(10-5-4-8-17-9-10)11-6-2-3-7-12(11)14(15)16;1-4(2)3/h2-3,6-7,10H,4-5,8-9H2,1H3;4H,(H2,1,2,3)/t10-;/m0./s1. The lowest BCUT2D eigenvalue weighted by Gasteiger charge is -2.32. The molecule has 0 saturated carbocycles. The third-order valence-electron chi connectivity index (χ3n) is 3.14. The van der Waals surface area contributed by atoms with Crippen molar-refractivity contribution in [1.82, 2.24) is 0 Å². The summed E-state index contributed by atoms with van der Waals surface area (Å²) in [7, 11) is -0.730. The average Bonchev–Trinajstić information content (AvgIpc) is 2.47. The van der Waals surface area contributed by atoms with Gasteiger partial charge in [-0.3, -0.25) is 10.1 Å². The first-order valence-electron chi connectivity index (χ1n) is 6.36. The molecule has 1 heterocycles. The Labute approximate surface area is 124 Å². The first-order chi connectivity index (χ1) is 9.93. The molecule has 1 saturated heterocycles. The molecule has 118 valence electrons. The number of ether oxygens (including phenoxy) is 1. The number of anilines is 1. The van der Waals surface area contributed by atoms with Crippen molar-refractivity contribution in [1.29, 1.82) is 0 Å². The summed E-state index contributed by atoms with van der Waals surface area (Å²) in [4.78, 5) is 12.6. The fourth-order valence-electron chi connectivity index (χ4n) is 2.14. The van der Waals surface area contributed by atoms with E-state index in [1.165, 1.54) is 6.07 Å². The first-order valence-corrected chi connectivity index (χ1v) is 7.61. The highest BCUT2D eigenvalue weighted by Crippen LogP contribution is 2.29. The Morgan fingerprint density at radius 1 is 1.43 bits per heavy atom. The summed E-state index contributed by atoms with van der Waals surface area (Å²) in [6, 6.07) is 7.06. The molecule has 21 heavy (non-hydrogen) atoms. The number of hydrogen-bond acceptors (Lipinski definition) is 6. The molecule has 0 aromatic heterocycles. The Morgan fingerprint density at radius 2 is 2.05 bits per heavy atom. The van der Waals surface area contributed by atoms with Crippen LogP contribution in [0.3, 0.4) is 0 Å². The lowest BCUT2D eigenvalue weighted by Crippen LogP contribution is -2.38. The first kappa shape index (κ1) is 17.3. The highest BCUT2D eigenvalue weighted by Gasteiger charge is 2.24. The minimum Gasteiger partial charge on any atom is -0.379 e. The average molecular weight is 317 g/mol. The number of nitro benzene ring substituents is 1. The molecule has 1 aliphatic heterocycles. The second-order valence-electron chi connectivity index (χ2n) is 4.51. The Bertz CT molecular complexity index is 535. The van der Waals surface area contributed by atoms with Crippen LogP contribution >= 0.6 is 0 Å². The maximum atomic E-state index is 11.0. The third-order valence-corrected chi connectivity index (χ3v) is 3.14. The van der Waals surface area contributed by atoms with Crippen LogP contribution in [0.15, 0.2) is 24.3 Å². The molecule has 1 aromatic carbocycles. The van der Waals surface area contributed by atoms with Crippen molar-refractivity contribution < 1.29 is 18.1 Å². The Morgan fingerprint density at radius 3 is 2.57 bits per heavy atom. The molecule has 1 fully saturated rings. The number of benzene rings is 1. The molecule has 8 nitrogen and oxygen atoms in total. The number of nitrogens with two attached hydrogens (primary N) is 1. The lowest BCUT2D eigenvalue weighted by atomic mass is 10.1. The number of likely N-dealkylation sites (N-methyl/N-ethyl adjacent to an activating group) is 1. The van der Waals surface area contributed by atoms with Crippen LogP contribution in [0.25, 0.3) is 0 Å². The van der Waals surface area contributed by atoms with Gasteiger partial charge in [-0.1, -0.05) is 12.1 Å². The van der Waals surface area contributed by atoms with E-state index in [2.05, 4.69) is 5.14 Å². The number of nitrogens with zero attached hydrogens (tertiary/aromatic N) is 2. The molecule has 2 N–H and O–H groups in total. The van der Waals surface area contributed by atoms with Crippen molar-refractivity contribution in [3.05, 3.63) is 34.4 Å². The van der Waals surface area contributed by atoms with E-state index in [-0.39, 0.29) is 16.7 Å². The van der Waals surface area contributed by atoms with E-state index < -0.39 is 10.9 Å². The Balaban J connectivity index is 0.000000491. The zero-order chi connectivity index (χ0) is 15.8. The molecule has 0 unspecified atom stereocenters. The summed E-state index contributed by atoms with van der Waals surface area (Å²) in [5, 5.41) is 15.0. The van der Waals surface area contributed by atoms with Crippen LogP contribution in [0.4, 0.5) is 11.4 Å². The van der Waals surface area contributed by atoms with E-state index in [0.717, 1.165) is 19.4 Å². The maximum Gasteiger partial charge on any atom is 0.292 e. The minimum atomic E-state index is -2.62. The minimum absolute atomic E-state index is 0.153. The molecule has 2 rings (SSSR count). The lowest BCUT2D eigenvalue weighted by molar-refractivity contribution is -0.384. The van der Waals surface area contributed by atoms with Gasteiger partial charge in [0.25, 0.3) is 5.69 Å². The largest absolute Gasteiger partial charge is 0.379 e. The predicted molar refractivity (Wildman–Crippen MR) is 79.8 cm³/mol. The van der Waals surface area contributed by atoms with Crippen molar-refractivity contribution in [2.75, 3.05) is 25.2 Å². The van der Waals surface area contributed by atoms with Crippen LogP contribution < -0.4 is 10.0 Å². The predicted octanol–water partition coefficient (Wildman–Crippen LogP) is 0.681. The van der Waals surface area contributed by atoms with E-state index in [1.807, 2.05) is 18.0 Å². The van der Waals surface area contributed by atoms with Gasteiger partial charge in [-0.05, 0) is 18.9 Å². The van der Waals surface area contributed by atoms with Crippen molar-refractivity contribution in [3.8, 4) is 0 Å². The van der Waals surface area contributed by atoms with Crippen LogP contribution in [0, 0.1) is 10.1 Å². The molecule has 0 spiro atoms. The van der Waals surface area contributed by atoms with Crippen molar-refractivity contribution in [3.63, 3.8) is 0 Å². The van der Waals surface area contributed by atoms with Gasteiger partial charge in [-0.25, -0.2) is 13.6 Å². The molecular weight excluding hydrogens is 298 g/mol. The fourth-order valence-corrected chi connectivity index (χ4v) is 2.14. The van der Waals surface area contributed by atoms with Gasteiger partial charge in [0.05, 0.1) is 17.6 Å². The second-order valence-corrected chi connectivity index (χ2v) is 5.08. The number of nitro groups is 1. The maximum absolute atomic E-state index is 11.0. The van der Waals surface area contributed by atoms with Gasteiger partial charge >= 0.3 is 0 Å². The second kappa shape index (κ2) is 8.55. The van der Waals surface area contributed by atoms with Crippen molar-refractivity contribution in [2.45, 2.75) is 18.9 Å². The zero-order valence-corrected chi connectivity index (χ0v) is 12.6. The molecule has 9 heteroatoms. The molecule has 1 aromatic rings. The summed E-state index contributed by atoms with van der Waals surface area (Å²) in [5.74, 6) is 0. The van der Waals surface area contributed by atoms with Gasteiger partial charge in [-0.2, -0.15) is 0 Å².